The van der Waals surface area contributed by atoms with E-state index in [2.05, 4.69) is 4.98 Å². The molecule has 0 aliphatic rings. The lowest BCUT2D eigenvalue weighted by Gasteiger charge is -2.15. The van der Waals surface area contributed by atoms with Crippen molar-refractivity contribution in [3.05, 3.63) is 24.0 Å². The molecule has 0 radical (unpaired) electrons. The minimum atomic E-state index is -0.349. The molecule has 6 heteroatoms. The van der Waals surface area contributed by atoms with Crippen molar-refractivity contribution in [3.63, 3.8) is 0 Å². The molecule has 0 saturated heterocycles. The summed E-state index contributed by atoms with van der Waals surface area (Å²) in [4.78, 5) is 15.6. The maximum Gasteiger partial charge on any atom is 0.219 e. The number of hydrogen-bond donors (Lipinski definition) is 1. The van der Waals surface area contributed by atoms with E-state index in [0.29, 0.717) is 0 Å². The summed E-state index contributed by atoms with van der Waals surface area (Å²) < 4.78 is 7.16. The van der Waals surface area contributed by atoms with Gasteiger partial charge in [0.25, 0.3) is 0 Å². The van der Waals surface area contributed by atoms with Gasteiger partial charge in [-0.05, 0) is 19.1 Å². The molecular weight excluding hydrogens is 266 g/mol. The summed E-state index contributed by atoms with van der Waals surface area (Å²) in [5, 5.41) is 0. The highest BCUT2D eigenvalue weighted by atomic mass is 35.5. The Balaban J connectivity index is 2.57. The standard InChI is InChI=1S/C13H16ClN3O2/c1-8(5-12(15)18)17-11-6-9(19-2)3-4-10(11)16-13(17)7-14/h3-4,6,8H,5,7H2,1-2H3,(H2,15,18). The number of primary amides is 1. The van der Waals surface area contributed by atoms with Gasteiger partial charge in [0.05, 0.1) is 24.0 Å². The number of carbonyl (C=O) groups is 1. The Bertz CT molecular complexity index is 609. The van der Waals surface area contributed by atoms with Crippen molar-refractivity contribution in [2.24, 2.45) is 5.73 Å². The van der Waals surface area contributed by atoms with Crippen molar-refractivity contribution in [1.82, 2.24) is 9.55 Å². The van der Waals surface area contributed by atoms with Crippen LogP contribution in [0.5, 0.6) is 5.75 Å². The molecule has 1 aromatic heterocycles. The molecule has 0 spiro atoms. The van der Waals surface area contributed by atoms with Gasteiger partial charge in [-0.15, -0.1) is 11.6 Å². The topological polar surface area (TPSA) is 70.1 Å². The number of imidazole rings is 1. The number of halogens is 1. The highest BCUT2D eigenvalue weighted by Gasteiger charge is 2.17. The predicted octanol–water partition coefficient (Wildman–Crippen LogP) is 2.22. The van der Waals surface area contributed by atoms with E-state index in [-0.39, 0.29) is 24.2 Å². The third kappa shape index (κ3) is 2.66. The first kappa shape index (κ1) is 13.7. The van der Waals surface area contributed by atoms with Crippen LogP contribution in [-0.4, -0.2) is 22.6 Å². The van der Waals surface area contributed by atoms with Crippen LogP contribution in [0.15, 0.2) is 18.2 Å². The van der Waals surface area contributed by atoms with E-state index in [1.54, 1.807) is 7.11 Å². The van der Waals surface area contributed by atoms with Crippen LogP contribution in [0, 0.1) is 0 Å². The minimum absolute atomic E-state index is 0.0941. The van der Waals surface area contributed by atoms with Gasteiger partial charge in [-0.25, -0.2) is 4.98 Å². The quantitative estimate of drug-likeness (QED) is 0.854. The largest absolute Gasteiger partial charge is 0.497 e. The number of methoxy groups -OCH3 is 1. The fourth-order valence-corrected chi connectivity index (χ4v) is 2.41. The molecule has 0 bridgehead atoms. The molecule has 0 aliphatic carbocycles. The summed E-state index contributed by atoms with van der Waals surface area (Å²) in [5.74, 6) is 1.39. The lowest BCUT2D eigenvalue weighted by molar-refractivity contribution is -0.118. The minimum Gasteiger partial charge on any atom is -0.497 e. The fourth-order valence-electron chi connectivity index (χ4n) is 2.22. The molecule has 102 valence electrons. The van der Waals surface area contributed by atoms with Gasteiger partial charge in [-0.2, -0.15) is 0 Å². The summed E-state index contributed by atoms with van der Waals surface area (Å²) in [7, 11) is 1.61. The number of fused-ring (bicyclic) bond motifs is 1. The van der Waals surface area contributed by atoms with E-state index >= 15 is 0 Å². The monoisotopic (exact) mass is 281 g/mol. The van der Waals surface area contributed by atoms with E-state index in [4.69, 9.17) is 22.1 Å². The number of carbonyl (C=O) groups excluding carboxylic acids is 1. The van der Waals surface area contributed by atoms with E-state index in [0.717, 1.165) is 22.6 Å². The summed E-state index contributed by atoms with van der Waals surface area (Å²) in [6, 6.07) is 5.51. The number of nitrogens with zero attached hydrogens (tertiary/aromatic N) is 2. The molecule has 1 amide bonds. The Kier molecular flexibility index (Phi) is 3.95. The molecule has 0 fully saturated rings. The average Bonchev–Trinajstić information content (AvgIpc) is 2.74. The zero-order chi connectivity index (χ0) is 14.0. The number of amides is 1. The van der Waals surface area contributed by atoms with Crippen molar-refractivity contribution in [2.45, 2.75) is 25.3 Å². The Labute approximate surface area is 116 Å². The highest BCUT2D eigenvalue weighted by molar-refractivity contribution is 6.16. The molecule has 1 atom stereocenters. The van der Waals surface area contributed by atoms with Gasteiger partial charge in [0.2, 0.25) is 5.91 Å². The Morgan fingerprint density at radius 3 is 2.89 bits per heavy atom. The number of hydrogen-bond acceptors (Lipinski definition) is 3. The van der Waals surface area contributed by atoms with E-state index in [9.17, 15) is 4.79 Å². The smallest absolute Gasteiger partial charge is 0.219 e. The first-order chi connectivity index (χ1) is 9.06. The van der Waals surface area contributed by atoms with Crippen molar-refractivity contribution in [3.8, 4) is 5.75 Å². The Hall–Kier alpha value is -1.75. The third-order valence-corrected chi connectivity index (χ3v) is 3.27. The maximum absolute atomic E-state index is 11.1. The van der Waals surface area contributed by atoms with Crippen LogP contribution in [0.3, 0.4) is 0 Å². The highest BCUT2D eigenvalue weighted by Crippen LogP contribution is 2.27. The van der Waals surface area contributed by atoms with Crippen LogP contribution in [0.25, 0.3) is 11.0 Å². The zero-order valence-electron chi connectivity index (χ0n) is 10.9. The van der Waals surface area contributed by atoms with Crippen LogP contribution < -0.4 is 10.5 Å². The molecule has 19 heavy (non-hydrogen) atoms. The molecule has 0 aliphatic heterocycles. The van der Waals surface area contributed by atoms with Gasteiger partial charge in [0, 0.05) is 18.5 Å². The van der Waals surface area contributed by atoms with Crippen molar-refractivity contribution >= 4 is 28.5 Å². The maximum atomic E-state index is 11.1. The lowest BCUT2D eigenvalue weighted by atomic mass is 10.2. The van der Waals surface area contributed by atoms with Crippen LogP contribution in [0.2, 0.25) is 0 Å². The number of aromatic nitrogens is 2. The second kappa shape index (κ2) is 5.48. The number of nitrogens with two attached hydrogens (primary N) is 1. The lowest BCUT2D eigenvalue weighted by Crippen LogP contribution is -2.18. The van der Waals surface area contributed by atoms with Gasteiger partial charge in [-0.1, -0.05) is 0 Å². The van der Waals surface area contributed by atoms with E-state index in [1.807, 2.05) is 29.7 Å². The number of ether oxygens (including phenoxy) is 1. The number of rotatable bonds is 5. The van der Waals surface area contributed by atoms with Crippen LogP contribution >= 0.6 is 11.6 Å². The van der Waals surface area contributed by atoms with E-state index in [1.165, 1.54) is 0 Å². The number of benzene rings is 1. The van der Waals surface area contributed by atoms with E-state index < -0.39 is 0 Å². The molecule has 2 N–H and O–H groups in total. The summed E-state index contributed by atoms with van der Waals surface area (Å²) in [6.07, 6.45) is 0.243. The Morgan fingerprint density at radius 1 is 1.58 bits per heavy atom. The predicted molar refractivity (Wildman–Crippen MR) is 74.4 cm³/mol. The molecule has 1 aromatic carbocycles. The third-order valence-electron chi connectivity index (χ3n) is 3.03. The second-order valence-electron chi connectivity index (χ2n) is 4.41. The fraction of sp³-hybridized carbons (Fsp3) is 0.385. The summed E-state index contributed by atoms with van der Waals surface area (Å²) >= 11 is 5.93. The van der Waals surface area contributed by atoms with Crippen molar-refractivity contribution < 1.29 is 9.53 Å². The van der Waals surface area contributed by atoms with Crippen LogP contribution in [-0.2, 0) is 10.7 Å². The van der Waals surface area contributed by atoms with Crippen molar-refractivity contribution in [1.29, 1.82) is 0 Å². The zero-order valence-corrected chi connectivity index (χ0v) is 11.6. The molecule has 0 saturated carbocycles. The number of alkyl halides is 1. The molecule has 5 nitrogen and oxygen atoms in total. The molecule has 1 unspecified atom stereocenters. The SMILES string of the molecule is COc1ccc2nc(CCl)n(C(C)CC(N)=O)c2c1. The normalized spacial score (nSPS) is 12.6. The van der Waals surface area contributed by atoms with Crippen LogP contribution in [0.4, 0.5) is 0 Å². The molecule has 2 rings (SSSR count). The summed E-state index contributed by atoms with van der Waals surface area (Å²) in [6.45, 7) is 1.92. The van der Waals surface area contributed by atoms with Crippen LogP contribution in [0.1, 0.15) is 25.2 Å². The van der Waals surface area contributed by atoms with Crippen molar-refractivity contribution in [2.75, 3.05) is 7.11 Å². The molecular formula is C13H16ClN3O2. The van der Waals surface area contributed by atoms with Gasteiger partial charge in [-0.3, -0.25) is 4.79 Å². The molecule has 1 heterocycles. The molecule has 2 aromatic rings. The first-order valence-corrected chi connectivity index (χ1v) is 6.49. The second-order valence-corrected chi connectivity index (χ2v) is 4.67. The van der Waals surface area contributed by atoms with Gasteiger partial charge >= 0.3 is 0 Å². The Morgan fingerprint density at radius 2 is 2.32 bits per heavy atom. The average molecular weight is 282 g/mol. The first-order valence-electron chi connectivity index (χ1n) is 5.96. The van der Waals surface area contributed by atoms with Gasteiger partial charge < -0.3 is 15.0 Å². The van der Waals surface area contributed by atoms with Gasteiger partial charge in [0.1, 0.15) is 11.6 Å². The van der Waals surface area contributed by atoms with Gasteiger partial charge in [0.15, 0.2) is 0 Å². The summed E-state index contributed by atoms with van der Waals surface area (Å²) in [5.41, 5.74) is 6.98.